The normalized spacial score (nSPS) is 12.1. The summed E-state index contributed by atoms with van der Waals surface area (Å²) in [5, 5.41) is 2.57. The van der Waals surface area contributed by atoms with Gasteiger partial charge in [-0.2, -0.15) is 0 Å². The Labute approximate surface area is 238 Å². The Morgan fingerprint density at radius 1 is 1.20 bits per heavy atom. The number of rotatable bonds is 11. The third-order valence-corrected chi connectivity index (χ3v) is 6.19. The number of nitrogens with zero attached hydrogens (tertiary/aromatic N) is 4. The molecule has 0 aliphatic carbocycles. The summed E-state index contributed by atoms with van der Waals surface area (Å²) in [5.74, 6) is -1.04. The summed E-state index contributed by atoms with van der Waals surface area (Å²) >= 11 is 0. The van der Waals surface area contributed by atoms with Crippen LogP contribution in [0.3, 0.4) is 0 Å². The number of ether oxygens (including phenoxy) is 1. The van der Waals surface area contributed by atoms with E-state index in [9.17, 15) is 23.6 Å². The van der Waals surface area contributed by atoms with Crippen LogP contribution in [-0.4, -0.2) is 76.5 Å². The summed E-state index contributed by atoms with van der Waals surface area (Å²) in [6.07, 6.45) is 4.74. The van der Waals surface area contributed by atoms with Crippen molar-refractivity contribution in [1.29, 1.82) is 0 Å². The van der Waals surface area contributed by atoms with Crippen LogP contribution in [0.4, 0.5) is 14.9 Å². The van der Waals surface area contributed by atoms with Gasteiger partial charge in [0.05, 0.1) is 23.8 Å². The highest BCUT2D eigenvalue weighted by Gasteiger charge is 2.24. The number of likely N-dealkylation sites (N-methyl/N-ethyl adjacent to an activating group) is 1. The van der Waals surface area contributed by atoms with Gasteiger partial charge in [0.1, 0.15) is 11.5 Å². The zero-order valence-electron chi connectivity index (χ0n) is 24.2. The van der Waals surface area contributed by atoms with Crippen molar-refractivity contribution in [2.45, 2.75) is 45.8 Å². The average molecular weight is 569 g/mol. The molecule has 3 aromatic heterocycles. The Morgan fingerprint density at radius 2 is 1.93 bits per heavy atom. The Morgan fingerprint density at radius 3 is 2.59 bits per heavy atom. The number of carbonyl (C=O) groups excluding carboxylic acids is 3. The fourth-order valence-corrected chi connectivity index (χ4v) is 4.05. The van der Waals surface area contributed by atoms with Gasteiger partial charge in [-0.25, -0.2) is 9.18 Å². The summed E-state index contributed by atoms with van der Waals surface area (Å²) in [7, 11) is 6.21. The van der Waals surface area contributed by atoms with Gasteiger partial charge in [-0.3, -0.25) is 19.4 Å². The lowest BCUT2D eigenvalue weighted by Crippen LogP contribution is -2.37. The van der Waals surface area contributed by atoms with Gasteiger partial charge >= 0.3 is 6.09 Å². The molecule has 12 heteroatoms. The summed E-state index contributed by atoms with van der Waals surface area (Å²) in [6.45, 7) is 4.14. The van der Waals surface area contributed by atoms with Gasteiger partial charge in [-0.1, -0.05) is 19.9 Å². The van der Waals surface area contributed by atoms with Crippen LogP contribution in [0.5, 0.6) is 0 Å². The minimum atomic E-state index is -1.20. The van der Waals surface area contributed by atoms with Crippen molar-refractivity contribution in [3.05, 3.63) is 70.2 Å². The molecule has 2 N–H and O–H groups in total. The van der Waals surface area contributed by atoms with Crippen molar-refractivity contribution in [2.75, 3.05) is 33.5 Å². The fourth-order valence-electron chi connectivity index (χ4n) is 4.05. The third-order valence-electron chi connectivity index (χ3n) is 6.19. The molecule has 3 heterocycles. The van der Waals surface area contributed by atoms with E-state index < -0.39 is 23.7 Å². The minimum absolute atomic E-state index is 0.00232. The van der Waals surface area contributed by atoms with E-state index in [0.29, 0.717) is 28.7 Å². The largest absolute Gasteiger partial charge is 0.436 e. The third kappa shape index (κ3) is 8.26. The number of halogens is 1. The van der Waals surface area contributed by atoms with Crippen LogP contribution in [0.2, 0.25) is 0 Å². The summed E-state index contributed by atoms with van der Waals surface area (Å²) < 4.78 is 21.2. The highest BCUT2D eigenvalue weighted by atomic mass is 19.1. The molecule has 0 fully saturated rings. The van der Waals surface area contributed by atoms with E-state index in [0.717, 1.165) is 0 Å². The van der Waals surface area contributed by atoms with Crippen molar-refractivity contribution in [2.24, 2.45) is 5.92 Å². The van der Waals surface area contributed by atoms with Gasteiger partial charge in [-0.15, -0.1) is 0 Å². The predicted molar refractivity (Wildman–Crippen MR) is 154 cm³/mol. The first-order valence-electron chi connectivity index (χ1n) is 13.3. The van der Waals surface area contributed by atoms with Crippen LogP contribution in [-0.2, 0) is 27.3 Å². The number of H-pyrrole nitrogens is 1. The van der Waals surface area contributed by atoms with E-state index in [1.165, 1.54) is 46.8 Å². The number of carbonyl (C=O) groups is 3. The van der Waals surface area contributed by atoms with Gasteiger partial charge in [0.15, 0.2) is 6.10 Å². The molecule has 0 saturated carbocycles. The number of aromatic amines is 1. The molecule has 3 aromatic rings. The van der Waals surface area contributed by atoms with Gasteiger partial charge in [-0.05, 0) is 49.5 Å². The van der Waals surface area contributed by atoms with E-state index in [2.05, 4.69) is 15.3 Å². The van der Waals surface area contributed by atoms with E-state index in [1.54, 1.807) is 38.5 Å². The number of hydrogen-bond acceptors (Lipinski definition) is 6. The summed E-state index contributed by atoms with van der Waals surface area (Å²) in [4.78, 5) is 60.2. The second kappa shape index (κ2) is 13.7. The summed E-state index contributed by atoms with van der Waals surface area (Å²) in [6, 6.07) is 4.83. The number of pyridine rings is 2. The van der Waals surface area contributed by atoms with Crippen molar-refractivity contribution < 1.29 is 23.5 Å². The lowest BCUT2D eigenvalue weighted by atomic mass is 10.0. The number of fused-ring (bicyclic) bond motifs is 1. The monoisotopic (exact) mass is 568 g/mol. The molecule has 0 aliphatic heterocycles. The number of hydrogen-bond donors (Lipinski definition) is 2. The van der Waals surface area contributed by atoms with Crippen LogP contribution in [0, 0.1) is 11.7 Å². The molecule has 3 amide bonds. The van der Waals surface area contributed by atoms with Crippen molar-refractivity contribution >= 4 is 34.6 Å². The molecular weight excluding hydrogens is 531 g/mol. The number of aromatic nitrogens is 3. The molecule has 220 valence electrons. The number of amides is 3. The molecule has 11 nitrogen and oxygen atoms in total. The number of allylic oxidation sites excluding steroid dienone is 1. The summed E-state index contributed by atoms with van der Waals surface area (Å²) in [5.41, 5.74) is 1.91. The van der Waals surface area contributed by atoms with Gasteiger partial charge < -0.3 is 29.4 Å². The maximum absolute atomic E-state index is 14.5. The first-order valence-corrected chi connectivity index (χ1v) is 13.3. The molecule has 0 bridgehead atoms. The zero-order chi connectivity index (χ0) is 30.3. The SMILES string of the molecule is CC(C)Cc1c(F)cnc2cc(Cn3cccc(NC(=O)[C@H](CC/C=C/C(=O)N(C)C)OC(=O)N(C)C)c3=O)[nH]c12. The van der Waals surface area contributed by atoms with Crippen LogP contribution < -0.4 is 10.9 Å². The molecule has 0 radical (unpaired) electrons. The Balaban J connectivity index is 1.79. The topological polar surface area (TPSA) is 130 Å². The first kappa shape index (κ1) is 31.1. The van der Waals surface area contributed by atoms with Crippen LogP contribution >= 0.6 is 0 Å². The Hall–Kier alpha value is -4.48. The lowest BCUT2D eigenvalue weighted by molar-refractivity contribution is -0.125. The van der Waals surface area contributed by atoms with E-state index in [1.807, 2.05) is 13.8 Å². The highest BCUT2D eigenvalue weighted by molar-refractivity contribution is 5.95. The van der Waals surface area contributed by atoms with E-state index in [-0.39, 0.29) is 42.7 Å². The van der Waals surface area contributed by atoms with Crippen molar-refractivity contribution in [3.63, 3.8) is 0 Å². The molecule has 0 spiro atoms. The molecule has 0 aromatic carbocycles. The molecule has 1 atom stereocenters. The van der Waals surface area contributed by atoms with E-state index in [4.69, 9.17) is 4.74 Å². The standard InChI is InChI=1S/C29H37FN6O5/c1-18(2)14-20-21(30)16-31-23-15-19(32-26(20)23)17-36-13-9-10-22(28(36)39)33-27(38)24(41-29(40)35(5)6)11-7-8-12-25(37)34(3)4/h8-10,12-13,15-16,18,24,32H,7,11,14,17H2,1-6H3,(H,33,38)/b12-8+/t24-/m0/s1. The number of anilines is 1. The first-order chi connectivity index (χ1) is 19.4. The molecular formula is C29H37FN6O5. The van der Waals surface area contributed by atoms with Gasteiger partial charge in [0.25, 0.3) is 11.5 Å². The molecule has 41 heavy (non-hydrogen) atoms. The minimum Gasteiger partial charge on any atom is -0.436 e. The van der Waals surface area contributed by atoms with Crippen molar-refractivity contribution in [3.8, 4) is 0 Å². The van der Waals surface area contributed by atoms with Gasteiger partial charge in [0, 0.05) is 45.6 Å². The van der Waals surface area contributed by atoms with Gasteiger partial charge in [0.2, 0.25) is 5.91 Å². The zero-order valence-corrected chi connectivity index (χ0v) is 24.2. The average Bonchev–Trinajstić information content (AvgIpc) is 3.32. The predicted octanol–water partition coefficient (Wildman–Crippen LogP) is 3.54. The Bertz CT molecular complexity index is 1490. The van der Waals surface area contributed by atoms with Crippen molar-refractivity contribution in [1.82, 2.24) is 24.3 Å². The maximum Gasteiger partial charge on any atom is 0.410 e. The van der Waals surface area contributed by atoms with Crippen LogP contribution in [0.25, 0.3) is 11.0 Å². The molecule has 0 aliphatic rings. The fraction of sp³-hybridized carbons (Fsp3) is 0.414. The number of nitrogens with one attached hydrogen (secondary N) is 2. The molecule has 0 saturated heterocycles. The second-order valence-corrected chi connectivity index (χ2v) is 10.6. The molecule has 0 unspecified atom stereocenters. The highest BCUT2D eigenvalue weighted by Crippen LogP contribution is 2.23. The van der Waals surface area contributed by atoms with Crippen LogP contribution in [0.1, 0.15) is 37.9 Å². The molecule has 3 rings (SSSR count). The lowest BCUT2D eigenvalue weighted by Gasteiger charge is -2.19. The van der Waals surface area contributed by atoms with Crippen LogP contribution in [0.15, 0.2) is 47.5 Å². The smallest absolute Gasteiger partial charge is 0.410 e. The quantitative estimate of drug-likeness (QED) is 0.341. The maximum atomic E-state index is 14.5. The second-order valence-electron chi connectivity index (χ2n) is 10.6. The Kier molecular flexibility index (Phi) is 10.4. The van der Waals surface area contributed by atoms with E-state index >= 15 is 0 Å².